The van der Waals surface area contributed by atoms with Crippen molar-refractivity contribution in [1.82, 2.24) is 0 Å². The summed E-state index contributed by atoms with van der Waals surface area (Å²) in [7, 11) is 0. The fourth-order valence-electron chi connectivity index (χ4n) is 9.15. The number of carboxylic acid groups (broad SMARTS) is 1. The van der Waals surface area contributed by atoms with Crippen LogP contribution in [0.1, 0.15) is 81.6 Å². The van der Waals surface area contributed by atoms with Gasteiger partial charge in [0.2, 0.25) is 0 Å². The molecule has 6 aromatic rings. The number of aliphatic hydroxyl groups excluding tert-OH is 3. The third-order valence-corrected chi connectivity index (χ3v) is 12.7. The Kier molecular flexibility index (Phi) is 12.5. The summed E-state index contributed by atoms with van der Waals surface area (Å²) in [5, 5.41) is 41.3. The quantitative estimate of drug-likeness (QED) is 0.115. The summed E-state index contributed by atoms with van der Waals surface area (Å²) < 4.78 is 51.4. The Bertz CT molecular complexity index is 2480. The van der Waals surface area contributed by atoms with Gasteiger partial charge in [0.25, 0.3) is 0 Å². The Labute approximate surface area is 359 Å². The summed E-state index contributed by atoms with van der Waals surface area (Å²) in [5.74, 6) is -0.364. The molecule has 2 aliphatic heterocycles. The molecule has 2 unspecified atom stereocenters. The molecular weight excluding hydrogens is 794 g/mol. The Balaban J connectivity index is 0.000000171. The molecule has 10 heteroatoms. The van der Waals surface area contributed by atoms with Gasteiger partial charge in [-0.05, 0) is 95.0 Å². The van der Waals surface area contributed by atoms with Gasteiger partial charge in [0.15, 0.2) is 0 Å². The van der Waals surface area contributed by atoms with Crippen LogP contribution < -0.4 is 9.47 Å². The van der Waals surface area contributed by atoms with Gasteiger partial charge in [-0.25, -0.2) is 4.79 Å². The maximum Gasteiger partial charge on any atom is 0.416 e. The van der Waals surface area contributed by atoms with Gasteiger partial charge in [0, 0.05) is 28.4 Å². The molecular formula is C52H49F3O7. The first-order valence-corrected chi connectivity index (χ1v) is 21.1. The zero-order chi connectivity index (χ0) is 43.4. The molecule has 1 fully saturated rings. The molecule has 0 spiro atoms. The topological polar surface area (TPSA) is 116 Å². The lowest BCUT2D eigenvalue weighted by atomic mass is 9.78. The molecule has 3 aliphatic rings. The highest BCUT2D eigenvalue weighted by atomic mass is 19.4. The molecule has 4 atom stereocenters. The van der Waals surface area contributed by atoms with Crippen LogP contribution in [0.2, 0.25) is 0 Å². The van der Waals surface area contributed by atoms with Crippen LogP contribution in [0.15, 0.2) is 140 Å². The average Bonchev–Trinajstić information content (AvgIpc) is 3.79. The van der Waals surface area contributed by atoms with E-state index in [-0.39, 0.29) is 47.2 Å². The van der Waals surface area contributed by atoms with Crippen LogP contribution in [-0.4, -0.2) is 46.2 Å². The summed E-state index contributed by atoms with van der Waals surface area (Å²) in [6.07, 6.45) is -0.203. The van der Waals surface area contributed by atoms with Crippen molar-refractivity contribution in [3.05, 3.63) is 178 Å². The van der Waals surface area contributed by atoms with Crippen molar-refractivity contribution < 1.29 is 47.9 Å². The van der Waals surface area contributed by atoms with Gasteiger partial charge in [-0.15, -0.1) is 0 Å². The lowest BCUT2D eigenvalue weighted by Crippen LogP contribution is -2.30. The summed E-state index contributed by atoms with van der Waals surface area (Å²) in [4.78, 5) is 11.6. The van der Waals surface area contributed by atoms with Crippen LogP contribution in [0, 0.1) is 11.8 Å². The van der Waals surface area contributed by atoms with Crippen LogP contribution in [0.5, 0.6) is 11.5 Å². The van der Waals surface area contributed by atoms with Gasteiger partial charge >= 0.3 is 12.1 Å². The van der Waals surface area contributed by atoms with Crippen molar-refractivity contribution in [2.45, 2.75) is 62.3 Å². The number of carbonyl (C=O) groups is 1. The number of ether oxygens (including phenoxy) is 2. The highest BCUT2D eigenvalue weighted by Gasteiger charge is 2.38. The Morgan fingerprint density at radius 1 is 0.629 bits per heavy atom. The van der Waals surface area contributed by atoms with Crippen molar-refractivity contribution in [2.75, 3.05) is 19.8 Å². The number of halogens is 3. The van der Waals surface area contributed by atoms with Gasteiger partial charge in [0.1, 0.15) is 11.5 Å². The third-order valence-electron chi connectivity index (χ3n) is 12.7. The number of rotatable bonds is 9. The Morgan fingerprint density at radius 3 is 1.74 bits per heavy atom. The Hall–Kier alpha value is -5.94. The maximum absolute atomic E-state index is 13.2. The molecule has 0 amide bonds. The number of aliphatic hydroxyl groups is 3. The van der Waals surface area contributed by atoms with E-state index in [4.69, 9.17) is 9.47 Å². The zero-order valence-corrected chi connectivity index (χ0v) is 34.1. The fraction of sp³-hybridized carbons (Fsp3) is 0.288. The SMILES string of the molecule is O=C(O)c1ccc(C(F)(F)F)cc1-c1ccc2c(c1)OC[C@H](Cc1ccccc1)C2O.OCC1(c2ccc3c(c2)OC[C@H](Cc2ccc(-c4ccccc4)cc2)C3O)CCCC1. The lowest BCUT2D eigenvalue weighted by molar-refractivity contribution is -0.137. The molecule has 0 bridgehead atoms. The van der Waals surface area contributed by atoms with E-state index in [0.29, 0.717) is 24.3 Å². The van der Waals surface area contributed by atoms with E-state index in [1.54, 1.807) is 6.07 Å². The summed E-state index contributed by atoms with van der Waals surface area (Å²) >= 11 is 0. The molecule has 0 saturated heterocycles. The fourth-order valence-corrected chi connectivity index (χ4v) is 9.15. The first kappa shape index (κ1) is 42.7. The molecule has 4 N–H and O–H groups in total. The van der Waals surface area contributed by atoms with Gasteiger partial charge < -0.3 is 29.9 Å². The van der Waals surface area contributed by atoms with Crippen molar-refractivity contribution in [2.24, 2.45) is 11.8 Å². The van der Waals surface area contributed by atoms with Gasteiger partial charge in [-0.3, -0.25) is 0 Å². The molecule has 62 heavy (non-hydrogen) atoms. The van der Waals surface area contributed by atoms with Gasteiger partial charge in [-0.1, -0.05) is 122 Å². The molecule has 320 valence electrons. The monoisotopic (exact) mass is 842 g/mol. The van der Waals surface area contributed by atoms with Crippen LogP contribution >= 0.6 is 0 Å². The standard InChI is InChI=1S/C28H30O3.C24H19F3O4/c29-19-28(14-4-5-15-28)24-12-13-25-26(17-24)31-18-23(27(25)30)16-20-8-10-22(11-9-20)21-6-2-1-3-7-21;25-24(26,27)17-7-9-18(23(29)30)20(12-17)15-6-8-19-21(11-15)31-13-16(22(19)28)10-14-4-2-1-3-5-14/h1-3,6-13,17,23,27,29-30H,4-5,14-16,18-19H2;1-9,11-12,16,22,28H,10,13H2,(H,29,30)/t23-,27?;16-,22?/m00/s1. The zero-order valence-electron chi connectivity index (χ0n) is 34.1. The van der Waals surface area contributed by atoms with E-state index in [0.717, 1.165) is 72.7 Å². The number of benzene rings is 6. The summed E-state index contributed by atoms with van der Waals surface area (Å²) in [5.41, 5.74) is 6.12. The van der Waals surface area contributed by atoms with Crippen molar-refractivity contribution in [3.63, 3.8) is 0 Å². The average molecular weight is 843 g/mol. The molecule has 2 heterocycles. The normalized spacial score (nSPS) is 20.1. The first-order chi connectivity index (χ1) is 29.9. The number of alkyl halides is 3. The Morgan fingerprint density at radius 2 is 1.16 bits per heavy atom. The van der Waals surface area contributed by atoms with E-state index in [9.17, 15) is 38.4 Å². The van der Waals surface area contributed by atoms with Crippen LogP contribution in [0.4, 0.5) is 13.2 Å². The second-order valence-electron chi connectivity index (χ2n) is 16.7. The second-order valence-corrected chi connectivity index (χ2v) is 16.7. The first-order valence-electron chi connectivity index (χ1n) is 21.1. The van der Waals surface area contributed by atoms with Crippen molar-refractivity contribution in [1.29, 1.82) is 0 Å². The number of carboxylic acids is 1. The summed E-state index contributed by atoms with van der Waals surface area (Å²) in [6, 6.07) is 41.9. The van der Waals surface area contributed by atoms with Crippen LogP contribution in [0.25, 0.3) is 22.3 Å². The lowest BCUT2D eigenvalue weighted by Gasteiger charge is -2.33. The number of hydrogen-bond acceptors (Lipinski definition) is 6. The van der Waals surface area contributed by atoms with Gasteiger partial charge in [0.05, 0.1) is 43.2 Å². The maximum atomic E-state index is 13.2. The molecule has 0 aromatic heterocycles. The molecule has 1 aliphatic carbocycles. The predicted molar refractivity (Wildman–Crippen MR) is 231 cm³/mol. The van der Waals surface area contributed by atoms with Crippen LogP contribution in [0.3, 0.4) is 0 Å². The van der Waals surface area contributed by atoms with E-state index >= 15 is 0 Å². The summed E-state index contributed by atoms with van der Waals surface area (Å²) in [6.45, 7) is 0.918. The smallest absolute Gasteiger partial charge is 0.416 e. The van der Waals surface area contributed by atoms with E-state index in [1.807, 2.05) is 42.5 Å². The van der Waals surface area contributed by atoms with E-state index in [1.165, 1.54) is 28.8 Å². The third kappa shape index (κ3) is 9.14. The van der Waals surface area contributed by atoms with E-state index in [2.05, 4.69) is 60.7 Å². The number of hydrogen-bond donors (Lipinski definition) is 4. The molecule has 6 aromatic carbocycles. The van der Waals surface area contributed by atoms with Crippen molar-refractivity contribution >= 4 is 5.97 Å². The number of fused-ring (bicyclic) bond motifs is 2. The minimum atomic E-state index is -4.60. The number of aromatic carboxylic acids is 1. The van der Waals surface area contributed by atoms with Gasteiger partial charge in [-0.2, -0.15) is 13.2 Å². The molecule has 7 nitrogen and oxygen atoms in total. The highest BCUT2D eigenvalue weighted by Crippen LogP contribution is 2.45. The molecule has 1 saturated carbocycles. The van der Waals surface area contributed by atoms with Crippen molar-refractivity contribution in [3.8, 4) is 33.8 Å². The molecule has 9 rings (SSSR count). The largest absolute Gasteiger partial charge is 0.493 e. The van der Waals surface area contributed by atoms with E-state index < -0.39 is 29.9 Å². The molecule has 0 radical (unpaired) electrons. The predicted octanol–water partition coefficient (Wildman–Crippen LogP) is 10.8. The minimum Gasteiger partial charge on any atom is -0.493 e. The highest BCUT2D eigenvalue weighted by molar-refractivity contribution is 5.96. The van der Waals surface area contributed by atoms with Crippen LogP contribution in [-0.2, 0) is 24.4 Å². The second kappa shape index (κ2) is 18.2. The minimum absolute atomic E-state index is 0.0270.